The second-order valence-corrected chi connectivity index (χ2v) is 6.40. The molecule has 2 rings (SSSR count). The number of methoxy groups -OCH3 is 1. The molecular formula is C15H13FNO5S-. The van der Waals surface area contributed by atoms with Crippen LogP contribution in [0.1, 0.15) is 0 Å². The largest absolute Gasteiger partial charge is 0.548 e. The fourth-order valence-corrected chi connectivity index (χ4v) is 3.32. The number of carbonyl (C=O) groups is 1. The van der Waals surface area contributed by atoms with Gasteiger partial charge in [0, 0.05) is 0 Å². The van der Waals surface area contributed by atoms with E-state index in [1.807, 2.05) is 0 Å². The minimum Gasteiger partial charge on any atom is -0.548 e. The maximum atomic E-state index is 13.0. The fourth-order valence-electron chi connectivity index (χ4n) is 1.91. The summed E-state index contributed by atoms with van der Waals surface area (Å²) < 4.78 is 43.8. The summed E-state index contributed by atoms with van der Waals surface area (Å²) >= 11 is 0. The van der Waals surface area contributed by atoms with Gasteiger partial charge in [0.2, 0.25) is 0 Å². The molecule has 0 fully saturated rings. The molecule has 2 aromatic rings. The highest BCUT2D eigenvalue weighted by molar-refractivity contribution is 7.92. The highest BCUT2D eigenvalue weighted by Crippen LogP contribution is 2.25. The van der Waals surface area contributed by atoms with Crippen LogP contribution in [0, 0.1) is 5.82 Å². The summed E-state index contributed by atoms with van der Waals surface area (Å²) in [5.74, 6) is -1.67. The molecule has 0 saturated heterocycles. The molecule has 0 aliphatic heterocycles. The molecule has 0 aliphatic carbocycles. The van der Waals surface area contributed by atoms with Crippen molar-refractivity contribution in [3.8, 4) is 5.75 Å². The van der Waals surface area contributed by atoms with E-state index in [4.69, 9.17) is 4.74 Å². The van der Waals surface area contributed by atoms with E-state index >= 15 is 0 Å². The molecular weight excluding hydrogens is 325 g/mol. The number of rotatable bonds is 6. The van der Waals surface area contributed by atoms with Crippen LogP contribution in [0.15, 0.2) is 53.4 Å². The minimum absolute atomic E-state index is 0.124. The summed E-state index contributed by atoms with van der Waals surface area (Å²) in [6.07, 6.45) is 0. The van der Waals surface area contributed by atoms with E-state index in [0.29, 0.717) is 10.1 Å². The first kappa shape index (κ1) is 16.8. The van der Waals surface area contributed by atoms with Gasteiger partial charge in [0.1, 0.15) is 11.6 Å². The lowest BCUT2D eigenvalue weighted by molar-refractivity contribution is -0.303. The number of carboxylic acid groups (broad SMARTS) is 1. The third-order valence-electron chi connectivity index (χ3n) is 3.03. The van der Waals surface area contributed by atoms with Crippen LogP contribution in [0.3, 0.4) is 0 Å². The van der Waals surface area contributed by atoms with Gasteiger partial charge in [-0.15, -0.1) is 0 Å². The summed E-state index contributed by atoms with van der Waals surface area (Å²) in [6, 6.07) is 9.91. The Morgan fingerprint density at radius 1 is 1.13 bits per heavy atom. The molecule has 0 spiro atoms. The number of hydrogen-bond donors (Lipinski definition) is 0. The highest BCUT2D eigenvalue weighted by Gasteiger charge is 2.25. The topological polar surface area (TPSA) is 86.7 Å². The molecule has 23 heavy (non-hydrogen) atoms. The number of ether oxygens (including phenoxy) is 1. The maximum Gasteiger partial charge on any atom is 0.264 e. The molecule has 0 N–H and O–H groups in total. The lowest BCUT2D eigenvalue weighted by Crippen LogP contribution is -2.41. The predicted molar refractivity (Wildman–Crippen MR) is 78.9 cm³/mol. The Kier molecular flexibility index (Phi) is 4.85. The van der Waals surface area contributed by atoms with E-state index in [-0.39, 0.29) is 10.6 Å². The number of nitrogens with zero attached hydrogens (tertiary/aromatic N) is 1. The maximum absolute atomic E-state index is 13.0. The molecule has 0 radical (unpaired) electrons. The monoisotopic (exact) mass is 338 g/mol. The first-order chi connectivity index (χ1) is 10.8. The number of carboxylic acids is 1. The van der Waals surface area contributed by atoms with Crippen molar-refractivity contribution >= 4 is 21.7 Å². The van der Waals surface area contributed by atoms with Crippen LogP contribution in [-0.4, -0.2) is 28.0 Å². The van der Waals surface area contributed by atoms with Gasteiger partial charge >= 0.3 is 0 Å². The summed E-state index contributed by atoms with van der Waals surface area (Å²) in [5, 5.41) is 10.9. The third kappa shape index (κ3) is 3.78. The molecule has 0 unspecified atom stereocenters. The number of benzene rings is 2. The van der Waals surface area contributed by atoms with Crippen LogP contribution in [0.5, 0.6) is 5.75 Å². The lowest BCUT2D eigenvalue weighted by Gasteiger charge is -2.25. The first-order valence-corrected chi connectivity index (χ1v) is 7.91. The Bertz CT molecular complexity index is 788. The number of sulfonamides is 1. The van der Waals surface area contributed by atoms with Crippen molar-refractivity contribution in [3.05, 3.63) is 54.3 Å². The Morgan fingerprint density at radius 3 is 2.17 bits per heavy atom. The molecule has 122 valence electrons. The van der Waals surface area contributed by atoms with Crippen molar-refractivity contribution in [1.82, 2.24) is 0 Å². The normalized spacial score (nSPS) is 11.0. The molecule has 0 bridgehead atoms. The van der Waals surface area contributed by atoms with Crippen LogP contribution < -0.4 is 14.1 Å². The lowest BCUT2D eigenvalue weighted by atomic mass is 10.3. The quantitative estimate of drug-likeness (QED) is 0.777. The van der Waals surface area contributed by atoms with Crippen LogP contribution in [-0.2, 0) is 14.8 Å². The van der Waals surface area contributed by atoms with Gasteiger partial charge in [-0.3, -0.25) is 4.31 Å². The van der Waals surface area contributed by atoms with E-state index in [1.54, 1.807) is 0 Å². The van der Waals surface area contributed by atoms with Gasteiger partial charge < -0.3 is 14.6 Å². The summed E-state index contributed by atoms with van der Waals surface area (Å²) in [7, 11) is -2.73. The molecule has 0 heterocycles. The van der Waals surface area contributed by atoms with Crippen LogP contribution >= 0.6 is 0 Å². The van der Waals surface area contributed by atoms with Crippen molar-refractivity contribution in [2.24, 2.45) is 0 Å². The van der Waals surface area contributed by atoms with Gasteiger partial charge in [0.05, 0.1) is 30.2 Å². The zero-order chi connectivity index (χ0) is 17.0. The zero-order valence-electron chi connectivity index (χ0n) is 12.1. The van der Waals surface area contributed by atoms with Crippen molar-refractivity contribution in [2.75, 3.05) is 18.0 Å². The number of carbonyl (C=O) groups excluding carboxylic acids is 1. The van der Waals surface area contributed by atoms with Crippen molar-refractivity contribution < 1.29 is 27.4 Å². The molecule has 2 aromatic carbocycles. The Balaban J connectivity index is 2.48. The minimum atomic E-state index is -4.18. The molecule has 0 atom stereocenters. The highest BCUT2D eigenvalue weighted by atomic mass is 32.2. The van der Waals surface area contributed by atoms with Crippen molar-refractivity contribution in [3.63, 3.8) is 0 Å². The van der Waals surface area contributed by atoms with E-state index in [9.17, 15) is 22.7 Å². The van der Waals surface area contributed by atoms with Gasteiger partial charge in [0.15, 0.2) is 0 Å². The van der Waals surface area contributed by atoms with Crippen LogP contribution in [0.25, 0.3) is 0 Å². The van der Waals surface area contributed by atoms with E-state index in [1.165, 1.54) is 31.4 Å². The third-order valence-corrected chi connectivity index (χ3v) is 4.82. The second kappa shape index (κ2) is 6.66. The smallest absolute Gasteiger partial charge is 0.264 e. The van der Waals surface area contributed by atoms with Gasteiger partial charge in [-0.05, 0) is 48.5 Å². The van der Waals surface area contributed by atoms with Crippen molar-refractivity contribution in [1.29, 1.82) is 0 Å². The van der Waals surface area contributed by atoms with E-state index < -0.39 is 28.4 Å². The summed E-state index contributed by atoms with van der Waals surface area (Å²) in [4.78, 5) is 10.7. The number of hydrogen-bond acceptors (Lipinski definition) is 5. The fraction of sp³-hybridized carbons (Fsp3) is 0.133. The molecule has 0 aromatic heterocycles. The average Bonchev–Trinajstić information content (AvgIpc) is 2.53. The molecule has 0 aliphatic rings. The summed E-state index contributed by atoms with van der Waals surface area (Å²) in [5.41, 5.74) is 0.124. The molecule has 0 amide bonds. The Hall–Kier alpha value is -2.61. The number of anilines is 1. The predicted octanol–water partition coefficient (Wildman–Crippen LogP) is 0.779. The standard InChI is InChI=1S/C15H14FNO5S/c1-22-13-6-4-12(5-7-13)17(10-15(18)19)23(20,21)14-8-2-11(16)3-9-14/h2-9H,10H2,1H3,(H,18,19)/p-1. The van der Waals surface area contributed by atoms with Crippen LogP contribution in [0.2, 0.25) is 0 Å². The van der Waals surface area contributed by atoms with E-state index in [0.717, 1.165) is 24.3 Å². The molecule has 6 nitrogen and oxygen atoms in total. The second-order valence-electron chi connectivity index (χ2n) is 4.54. The SMILES string of the molecule is COc1ccc(N(CC(=O)[O-])S(=O)(=O)c2ccc(F)cc2)cc1. The summed E-state index contributed by atoms with van der Waals surface area (Å²) in [6.45, 7) is -0.869. The molecule has 0 saturated carbocycles. The zero-order valence-corrected chi connectivity index (χ0v) is 12.9. The number of aliphatic carboxylic acids is 1. The van der Waals surface area contributed by atoms with Crippen molar-refractivity contribution in [2.45, 2.75) is 4.90 Å². The van der Waals surface area contributed by atoms with Gasteiger partial charge in [-0.1, -0.05) is 0 Å². The van der Waals surface area contributed by atoms with Gasteiger partial charge in [-0.25, -0.2) is 12.8 Å². The van der Waals surface area contributed by atoms with E-state index in [2.05, 4.69) is 0 Å². The van der Waals surface area contributed by atoms with Crippen LogP contribution in [0.4, 0.5) is 10.1 Å². The average molecular weight is 338 g/mol. The Labute approximate surface area is 132 Å². The number of halogens is 1. The molecule has 8 heteroatoms. The Morgan fingerprint density at radius 2 is 1.70 bits per heavy atom. The first-order valence-electron chi connectivity index (χ1n) is 6.47. The van der Waals surface area contributed by atoms with Gasteiger partial charge in [0.25, 0.3) is 10.0 Å². The van der Waals surface area contributed by atoms with Gasteiger partial charge in [-0.2, -0.15) is 0 Å².